The number of aliphatic hydroxyl groups excluding tert-OH is 1. The zero-order chi connectivity index (χ0) is 25.8. The number of fused-ring (bicyclic) bond motifs is 1. The van der Waals surface area contributed by atoms with E-state index in [1.165, 1.54) is 0 Å². The number of benzene rings is 1. The van der Waals surface area contributed by atoms with E-state index in [0.717, 1.165) is 60.3 Å². The maximum Gasteiger partial charge on any atom is 0.250 e. The SMILES string of the molecule is CC(C)(C)[Si](C)(C)Oc1ccc2c(c1)c(-c1cnn(CCCOCCCO)n1)nn2C1CCCCO1. The van der Waals surface area contributed by atoms with Gasteiger partial charge in [0.05, 0.1) is 18.3 Å². The Labute approximate surface area is 214 Å². The molecule has 1 fully saturated rings. The highest BCUT2D eigenvalue weighted by Crippen LogP contribution is 2.39. The van der Waals surface area contributed by atoms with Gasteiger partial charge in [0.25, 0.3) is 0 Å². The van der Waals surface area contributed by atoms with E-state index < -0.39 is 8.32 Å². The second kappa shape index (κ2) is 11.4. The van der Waals surface area contributed by atoms with E-state index in [2.05, 4.69) is 57.2 Å². The minimum atomic E-state index is -1.99. The Morgan fingerprint density at radius 3 is 2.67 bits per heavy atom. The van der Waals surface area contributed by atoms with Crippen molar-refractivity contribution in [3.8, 4) is 17.1 Å². The Kier molecular flexibility index (Phi) is 8.49. The van der Waals surface area contributed by atoms with E-state index in [1.54, 1.807) is 11.0 Å². The molecule has 4 rings (SSSR count). The van der Waals surface area contributed by atoms with E-state index in [9.17, 15) is 0 Å². The average molecular weight is 516 g/mol. The van der Waals surface area contributed by atoms with E-state index in [1.807, 2.05) is 4.68 Å². The maximum absolute atomic E-state index is 8.85. The smallest absolute Gasteiger partial charge is 0.250 e. The van der Waals surface area contributed by atoms with Gasteiger partial charge in [0.1, 0.15) is 17.1 Å². The van der Waals surface area contributed by atoms with Crippen molar-refractivity contribution in [1.29, 1.82) is 0 Å². The molecule has 36 heavy (non-hydrogen) atoms. The van der Waals surface area contributed by atoms with Gasteiger partial charge in [-0.15, -0.1) is 0 Å². The highest BCUT2D eigenvalue weighted by atomic mass is 28.4. The molecule has 1 N–H and O–H groups in total. The standard InChI is InChI=1S/C26H41N5O4Si/c1-26(2,3)36(4,5)35-20-11-12-23-21(18-20)25(29-31(23)24-10-6-7-17-34-24)22-19-27-30(28-22)13-8-15-33-16-9-14-32/h11-12,18-19,24,32H,6-10,13-17H2,1-5H3. The van der Waals surface area contributed by atoms with Crippen LogP contribution < -0.4 is 4.43 Å². The zero-order valence-electron chi connectivity index (χ0n) is 22.4. The first kappa shape index (κ1) is 26.8. The molecule has 1 atom stereocenters. The largest absolute Gasteiger partial charge is 0.543 e. The van der Waals surface area contributed by atoms with Gasteiger partial charge in [0.2, 0.25) is 8.32 Å². The van der Waals surface area contributed by atoms with Gasteiger partial charge in [-0.1, -0.05) is 20.8 Å². The lowest BCUT2D eigenvalue weighted by Crippen LogP contribution is -2.43. The van der Waals surface area contributed by atoms with Gasteiger partial charge in [0.15, 0.2) is 6.23 Å². The second-order valence-corrected chi connectivity index (χ2v) is 15.7. The molecule has 198 valence electrons. The van der Waals surface area contributed by atoms with Crippen LogP contribution in [0.2, 0.25) is 18.1 Å². The van der Waals surface area contributed by atoms with Crippen molar-refractivity contribution in [2.24, 2.45) is 0 Å². The number of hydrogen-bond acceptors (Lipinski definition) is 7. The number of aryl methyl sites for hydroxylation is 1. The third-order valence-electron chi connectivity index (χ3n) is 7.16. The molecule has 0 spiro atoms. The summed E-state index contributed by atoms with van der Waals surface area (Å²) in [5.74, 6) is 0.867. The first-order valence-electron chi connectivity index (χ1n) is 13.1. The summed E-state index contributed by atoms with van der Waals surface area (Å²) < 4.78 is 20.2. The van der Waals surface area contributed by atoms with Crippen LogP contribution in [0.4, 0.5) is 0 Å². The molecule has 0 saturated carbocycles. The predicted molar refractivity (Wildman–Crippen MR) is 143 cm³/mol. The van der Waals surface area contributed by atoms with Crippen LogP contribution in [-0.4, -0.2) is 64.6 Å². The van der Waals surface area contributed by atoms with Gasteiger partial charge in [-0.3, -0.25) is 0 Å². The molecule has 1 aromatic carbocycles. The second-order valence-electron chi connectivity index (χ2n) is 11.0. The normalized spacial score (nSPS) is 17.1. The topological polar surface area (TPSA) is 96.5 Å². The molecule has 1 aliphatic rings. The van der Waals surface area contributed by atoms with Crippen LogP contribution in [0.25, 0.3) is 22.3 Å². The van der Waals surface area contributed by atoms with E-state index in [4.69, 9.17) is 29.2 Å². The molecular weight excluding hydrogens is 474 g/mol. The number of ether oxygens (including phenoxy) is 2. The molecule has 1 saturated heterocycles. The summed E-state index contributed by atoms with van der Waals surface area (Å²) in [5, 5.41) is 24.2. The number of aliphatic hydroxyl groups is 1. The van der Waals surface area contributed by atoms with Crippen LogP contribution >= 0.6 is 0 Å². The van der Waals surface area contributed by atoms with Crippen LogP contribution in [0.15, 0.2) is 24.4 Å². The molecule has 1 aliphatic heterocycles. The Hall–Kier alpha value is -2.27. The molecule has 10 heteroatoms. The first-order chi connectivity index (χ1) is 17.2. The fourth-order valence-electron chi connectivity index (χ4n) is 4.05. The summed E-state index contributed by atoms with van der Waals surface area (Å²) in [7, 11) is -1.99. The molecule has 0 aliphatic carbocycles. The summed E-state index contributed by atoms with van der Waals surface area (Å²) in [6.45, 7) is 14.0. The van der Waals surface area contributed by atoms with E-state index >= 15 is 0 Å². The average Bonchev–Trinajstić information content (AvgIpc) is 3.45. The van der Waals surface area contributed by atoms with Gasteiger partial charge in [-0.05, 0) is 68.4 Å². The van der Waals surface area contributed by atoms with Gasteiger partial charge in [-0.25, -0.2) is 4.68 Å². The molecule has 9 nitrogen and oxygen atoms in total. The number of rotatable bonds is 11. The summed E-state index contributed by atoms with van der Waals surface area (Å²) in [5.41, 5.74) is 2.55. The van der Waals surface area contributed by atoms with Crippen molar-refractivity contribution in [3.63, 3.8) is 0 Å². The first-order valence-corrected chi connectivity index (χ1v) is 16.0. The quantitative estimate of drug-likeness (QED) is 0.278. The van der Waals surface area contributed by atoms with Crippen molar-refractivity contribution in [1.82, 2.24) is 24.8 Å². The molecule has 0 radical (unpaired) electrons. The third-order valence-corrected chi connectivity index (χ3v) is 11.5. The number of nitrogens with zero attached hydrogens (tertiary/aromatic N) is 5. The van der Waals surface area contributed by atoms with Crippen molar-refractivity contribution in [2.45, 2.75) is 83.8 Å². The van der Waals surface area contributed by atoms with E-state index in [-0.39, 0.29) is 17.9 Å². The van der Waals surface area contributed by atoms with Crippen LogP contribution in [-0.2, 0) is 16.0 Å². The summed E-state index contributed by atoms with van der Waals surface area (Å²) in [4.78, 5) is 1.70. The van der Waals surface area contributed by atoms with Crippen LogP contribution in [0.1, 0.15) is 59.1 Å². The third kappa shape index (κ3) is 6.16. The Bertz CT molecular complexity index is 1130. The fraction of sp³-hybridized carbons (Fsp3) is 0.654. The molecule has 3 aromatic rings. The Morgan fingerprint density at radius 2 is 1.94 bits per heavy atom. The van der Waals surface area contributed by atoms with Crippen molar-refractivity contribution in [3.05, 3.63) is 24.4 Å². The van der Waals surface area contributed by atoms with Crippen molar-refractivity contribution in [2.75, 3.05) is 26.4 Å². The van der Waals surface area contributed by atoms with Gasteiger partial charge in [0, 0.05) is 31.8 Å². The molecule has 0 amide bonds. The monoisotopic (exact) mass is 515 g/mol. The highest BCUT2D eigenvalue weighted by Gasteiger charge is 2.39. The van der Waals surface area contributed by atoms with Crippen LogP contribution in [0, 0.1) is 0 Å². The summed E-state index contributed by atoms with van der Waals surface area (Å²) in [6, 6.07) is 6.26. The minimum Gasteiger partial charge on any atom is -0.543 e. The molecular formula is C26H41N5O4Si. The maximum atomic E-state index is 8.85. The lowest BCUT2D eigenvalue weighted by Gasteiger charge is -2.36. The molecule has 1 unspecified atom stereocenters. The molecule has 0 bridgehead atoms. The van der Waals surface area contributed by atoms with Crippen LogP contribution in [0.5, 0.6) is 5.75 Å². The molecule has 3 heterocycles. The summed E-state index contributed by atoms with van der Waals surface area (Å²) in [6.07, 6.45) is 6.33. The fourth-order valence-corrected chi connectivity index (χ4v) is 5.07. The van der Waals surface area contributed by atoms with Crippen molar-refractivity contribution >= 4 is 19.2 Å². The van der Waals surface area contributed by atoms with Gasteiger partial charge < -0.3 is 19.0 Å². The van der Waals surface area contributed by atoms with E-state index in [0.29, 0.717) is 26.2 Å². The lowest BCUT2D eigenvalue weighted by atomic mass is 10.1. The van der Waals surface area contributed by atoms with Gasteiger partial charge in [-0.2, -0.15) is 20.1 Å². The number of aromatic nitrogens is 5. The predicted octanol–water partition coefficient (Wildman–Crippen LogP) is 5.17. The zero-order valence-corrected chi connectivity index (χ0v) is 23.4. The minimum absolute atomic E-state index is 0.0757. The Morgan fingerprint density at radius 1 is 1.14 bits per heavy atom. The van der Waals surface area contributed by atoms with Crippen molar-refractivity contribution < 1.29 is 19.0 Å². The van der Waals surface area contributed by atoms with Gasteiger partial charge >= 0.3 is 0 Å². The summed E-state index contributed by atoms with van der Waals surface area (Å²) >= 11 is 0. The molecule has 2 aromatic heterocycles. The van der Waals surface area contributed by atoms with Crippen LogP contribution in [0.3, 0.4) is 0 Å². The number of hydrogen-bond donors (Lipinski definition) is 1. The lowest BCUT2D eigenvalue weighted by molar-refractivity contribution is -0.0365. The Balaban J connectivity index is 1.61. The highest BCUT2D eigenvalue weighted by molar-refractivity contribution is 6.74.